The molecule has 4 heteroatoms. The largest absolute Gasteiger partial charge is 0.367 e. The van der Waals surface area contributed by atoms with Crippen molar-refractivity contribution in [1.82, 2.24) is 9.97 Å². The van der Waals surface area contributed by atoms with Crippen molar-refractivity contribution in [2.45, 2.75) is 52.6 Å². The molecule has 1 heterocycles. The fourth-order valence-corrected chi connectivity index (χ4v) is 2.28. The van der Waals surface area contributed by atoms with Gasteiger partial charge in [-0.2, -0.15) is 0 Å². The highest BCUT2D eigenvalue weighted by molar-refractivity contribution is 7.71. The Hall–Kier alpha value is -0.740. The fourth-order valence-electron chi connectivity index (χ4n) is 2.05. The maximum absolute atomic E-state index is 5.93. The first kappa shape index (κ1) is 14.3. The van der Waals surface area contributed by atoms with Crippen molar-refractivity contribution in [2.24, 2.45) is 0 Å². The molecule has 1 N–H and O–H groups in total. The van der Waals surface area contributed by atoms with Crippen molar-refractivity contribution in [1.29, 1.82) is 0 Å². The maximum atomic E-state index is 5.93. The molecule has 0 atom stereocenters. The summed E-state index contributed by atoms with van der Waals surface area (Å²) in [5, 5.41) is 0. The summed E-state index contributed by atoms with van der Waals surface area (Å²) in [4.78, 5) is 7.81. The van der Waals surface area contributed by atoms with Crippen LogP contribution in [0.15, 0.2) is 6.07 Å². The number of nitrogens with one attached hydrogen (secondary N) is 1. The lowest BCUT2D eigenvalue weighted by Gasteiger charge is -2.30. The van der Waals surface area contributed by atoms with Crippen molar-refractivity contribution in [3.05, 3.63) is 22.2 Å². The average Bonchev–Trinajstić information content (AvgIpc) is 2.35. The summed E-state index contributed by atoms with van der Waals surface area (Å²) in [6.07, 6.45) is 2.71. The van der Waals surface area contributed by atoms with E-state index in [2.05, 4.69) is 30.7 Å². The molecule has 1 aromatic heterocycles. The molecule has 0 spiro atoms. The SMILES string of the molecule is CCOC(CC)(CC)c1nc(=S)cc(CC)[nH]1. The Bertz CT molecular complexity index is 410. The highest BCUT2D eigenvalue weighted by Crippen LogP contribution is 2.30. The second-order valence-electron chi connectivity index (χ2n) is 4.08. The van der Waals surface area contributed by atoms with E-state index in [0.717, 1.165) is 30.8 Å². The van der Waals surface area contributed by atoms with Crippen LogP contribution >= 0.6 is 12.2 Å². The minimum Gasteiger partial charge on any atom is -0.367 e. The van der Waals surface area contributed by atoms with E-state index >= 15 is 0 Å². The number of aryl methyl sites for hydroxylation is 1. The van der Waals surface area contributed by atoms with Crippen LogP contribution in [0.1, 0.15) is 52.1 Å². The number of hydrogen-bond acceptors (Lipinski definition) is 3. The van der Waals surface area contributed by atoms with Crippen molar-refractivity contribution in [3.63, 3.8) is 0 Å². The quantitative estimate of drug-likeness (QED) is 0.786. The molecule has 0 aliphatic heterocycles. The molecule has 0 saturated heterocycles. The van der Waals surface area contributed by atoms with Crippen LogP contribution < -0.4 is 0 Å². The lowest BCUT2D eigenvalue weighted by molar-refractivity contribution is -0.0573. The summed E-state index contributed by atoms with van der Waals surface area (Å²) in [7, 11) is 0. The molecule has 0 radical (unpaired) electrons. The molecule has 0 fully saturated rings. The lowest BCUT2D eigenvalue weighted by atomic mass is 9.95. The first-order valence-electron chi connectivity index (χ1n) is 6.36. The Balaban J connectivity index is 3.26. The Morgan fingerprint density at radius 1 is 1.29 bits per heavy atom. The van der Waals surface area contributed by atoms with E-state index in [0.29, 0.717) is 11.2 Å². The van der Waals surface area contributed by atoms with E-state index in [1.807, 2.05) is 13.0 Å². The average molecular weight is 254 g/mol. The number of aromatic amines is 1. The van der Waals surface area contributed by atoms with E-state index < -0.39 is 0 Å². The third-order valence-corrected chi connectivity index (χ3v) is 3.38. The number of aromatic nitrogens is 2. The van der Waals surface area contributed by atoms with E-state index in [1.54, 1.807) is 0 Å². The summed E-state index contributed by atoms with van der Waals surface area (Å²) in [5.41, 5.74) is 0.791. The minimum absolute atomic E-state index is 0.326. The van der Waals surface area contributed by atoms with E-state index in [4.69, 9.17) is 17.0 Å². The Kier molecular flexibility index (Phi) is 5.28. The van der Waals surface area contributed by atoms with Gasteiger partial charge in [0.25, 0.3) is 0 Å². The number of rotatable bonds is 6. The van der Waals surface area contributed by atoms with Gasteiger partial charge in [0, 0.05) is 12.3 Å². The van der Waals surface area contributed by atoms with Gasteiger partial charge < -0.3 is 9.72 Å². The Morgan fingerprint density at radius 2 is 1.94 bits per heavy atom. The zero-order chi connectivity index (χ0) is 12.9. The molecule has 0 unspecified atom stereocenters. The zero-order valence-electron chi connectivity index (χ0n) is 11.2. The van der Waals surface area contributed by atoms with E-state index in [1.165, 1.54) is 0 Å². The van der Waals surface area contributed by atoms with Crippen LogP contribution in [0.25, 0.3) is 0 Å². The molecule has 0 bridgehead atoms. The highest BCUT2D eigenvalue weighted by Gasteiger charge is 2.31. The van der Waals surface area contributed by atoms with Crippen molar-refractivity contribution < 1.29 is 4.74 Å². The predicted octanol–water partition coefficient (Wildman–Crippen LogP) is 3.75. The van der Waals surface area contributed by atoms with Crippen molar-refractivity contribution in [3.8, 4) is 0 Å². The Morgan fingerprint density at radius 3 is 2.41 bits per heavy atom. The molecular formula is C13H22N2OS. The molecule has 17 heavy (non-hydrogen) atoms. The van der Waals surface area contributed by atoms with Crippen molar-refractivity contribution in [2.75, 3.05) is 6.61 Å². The second kappa shape index (κ2) is 6.26. The summed E-state index contributed by atoms with van der Waals surface area (Å²) in [6.45, 7) is 9.04. The molecule has 0 aromatic carbocycles. The van der Waals surface area contributed by atoms with Gasteiger partial charge in [0.1, 0.15) is 16.1 Å². The van der Waals surface area contributed by atoms with Gasteiger partial charge in [-0.3, -0.25) is 0 Å². The van der Waals surface area contributed by atoms with Gasteiger partial charge in [-0.15, -0.1) is 0 Å². The van der Waals surface area contributed by atoms with Gasteiger partial charge in [-0.05, 0) is 32.3 Å². The van der Waals surface area contributed by atoms with Gasteiger partial charge in [-0.1, -0.05) is 33.0 Å². The third kappa shape index (κ3) is 3.13. The van der Waals surface area contributed by atoms with Crippen LogP contribution in [0.2, 0.25) is 0 Å². The standard InChI is InChI=1S/C13H22N2OS/c1-5-10-9-11(17)15-12(14-10)13(6-2,7-3)16-8-4/h9H,5-8H2,1-4H3,(H,14,15,17). The summed E-state index contributed by atoms with van der Waals surface area (Å²) in [6, 6.07) is 1.92. The van der Waals surface area contributed by atoms with Crippen LogP contribution in [-0.4, -0.2) is 16.6 Å². The van der Waals surface area contributed by atoms with E-state index in [9.17, 15) is 0 Å². The van der Waals surface area contributed by atoms with Crippen LogP contribution in [0.4, 0.5) is 0 Å². The summed E-state index contributed by atoms with van der Waals surface area (Å²) < 4.78 is 6.57. The van der Waals surface area contributed by atoms with Gasteiger partial charge >= 0.3 is 0 Å². The first-order chi connectivity index (χ1) is 8.11. The van der Waals surface area contributed by atoms with Gasteiger partial charge in [0.2, 0.25) is 0 Å². The number of hydrogen-bond donors (Lipinski definition) is 1. The maximum Gasteiger partial charge on any atom is 0.140 e. The number of H-pyrrole nitrogens is 1. The Labute approximate surface area is 109 Å². The monoisotopic (exact) mass is 254 g/mol. The fraction of sp³-hybridized carbons (Fsp3) is 0.692. The molecule has 1 rings (SSSR count). The minimum atomic E-state index is -0.326. The molecule has 0 amide bonds. The van der Waals surface area contributed by atoms with Crippen LogP contribution in [0, 0.1) is 4.64 Å². The first-order valence-corrected chi connectivity index (χ1v) is 6.77. The molecule has 0 saturated carbocycles. The van der Waals surface area contributed by atoms with Gasteiger partial charge in [0.05, 0.1) is 0 Å². The number of ether oxygens (including phenoxy) is 1. The molecule has 0 aliphatic carbocycles. The second-order valence-corrected chi connectivity index (χ2v) is 4.50. The smallest absolute Gasteiger partial charge is 0.140 e. The summed E-state index contributed by atoms with van der Waals surface area (Å²) in [5.74, 6) is 0.869. The molecule has 3 nitrogen and oxygen atoms in total. The van der Waals surface area contributed by atoms with Gasteiger partial charge in [0.15, 0.2) is 0 Å². The van der Waals surface area contributed by atoms with Crippen molar-refractivity contribution >= 4 is 12.2 Å². The molecule has 0 aliphatic rings. The molecule has 1 aromatic rings. The molecule has 96 valence electrons. The van der Waals surface area contributed by atoms with Crippen LogP contribution in [0.5, 0.6) is 0 Å². The zero-order valence-corrected chi connectivity index (χ0v) is 12.0. The number of nitrogens with zero attached hydrogens (tertiary/aromatic N) is 1. The third-order valence-electron chi connectivity index (χ3n) is 3.17. The normalized spacial score (nSPS) is 11.8. The summed E-state index contributed by atoms with van der Waals surface area (Å²) >= 11 is 5.22. The van der Waals surface area contributed by atoms with E-state index in [-0.39, 0.29) is 5.60 Å². The highest BCUT2D eigenvalue weighted by atomic mass is 32.1. The van der Waals surface area contributed by atoms with Crippen LogP contribution in [-0.2, 0) is 16.8 Å². The van der Waals surface area contributed by atoms with Crippen LogP contribution in [0.3, 0.4) is 0 Å². The topological polar surface area (TPSA) is 37.9 Å². The molecular weight excluding hydrogens is 232 g/mol. The lowest BCUT2D eigenvalue weighted by Crippen LogP contribution is -2.31. The predicted molar refractivity (Wildman–Crippen MR) is 72.7 cm³/mol. The van der Waals surface area contributed by atoms with Gasteiger partial charge in [-0.25, -0.2) is 4.98 Å².